The SMILES string of the molecule is O=C(COc1ccc(Cl)cc1Cl)N/N=C/c1ccccc1OCc1ccccc1F. The third kappa shape index (κ3) is 6.20. The first kappa shape index (κ1) is 21.6. The number of carbonyl (C=O) groups excluding carboxylic acids is 1. The zero-order valence-corrected chi connectivity index (χ0v) is 17.2. The summed E-state index contributed by atoms with van der Waals surface area (Å²) < 4.78 is 24.8. The Morgan fingerprint density at radius 3 is 2.57 bits per heavy atom. The van der Waals surface area contributed by atoms with Gasteiger partial charge in [0.05, 0.1) is 11.2 Å². The summed E-state index contributed by atoms with van der Waals surface area (Å²) in [5.41, 5.74) is 3.42. The van der Waals surface area contributed by atoms with E-state index in [1.807, 2.05) is 0 Å². The second kappa shape index (κ2) is 10.6. The number of benzene rings is 3. The molecule has 0 radical (unpaired) electrons. The number of para-hydroxylation sites is 1. The lowest BCUT2D eigenvalue weighted by Crippen LogP contribution is -2.24. The molecule has 3 aromatic carbocycles. The van der Waals surface area contributed by atoms with E-state index in [2.05, 4.69) is 10.5 Å². The molecule has 30 heavy (non-hydrogen) atoms. The summed E-state index contributed by atoms with van der Waals surface area (Å²) in [5, 5.41) is 4.69. The van der Waals surface area contributed by atoms with E-state index in [1.54, 1.807) is 54.6 Å². The molecule has 0 aromatic heterocycles. The summed E-state index contributed by atoms with van der Waals surface area (Å²) in [5.74, 6) is 0.0359. The number of hydrogen-bond donors (Lipinski definition) is 1. The largest absolute Gasteiger partial charge is 0.488 e. The van der Waals surface area contributed by atoms with Crippen LogP contribution in [0.1, 0.15) is 11.1 Å². The molecule has 0 unspecified atom stereocenters. The Labute approximate surface area is 183 Å². The number of rotatable bonds is 8. The number of hydrazone groups is 1. The number of ether oxygens (including phenoxy) is 2. The predicted octanol–water partition coefficient (Wildman–Crippen LogP) is 5.24. The van der Waals surface area contributed by atoms with Gasteiger partial charge in [-0.25, -0.2) is 9.82 Å². The molecule has 5 nitrogen and oxygen atoms in total. The van der Waals surface area contributed by atoms with E-state index in [1.165, 1.54) is 18.3 Å². The molecule has 3 rings (SSSR count). The van der Waals surface area contributed by atoms with Gasteiger partial charge in [0.25, 0.3) is 5.91 Å². The maximum Gasteiger partial charge on any atom is 0.277 e. The van der Waals surface area contributed by atoms with Gasteiger partial charge in [0.15, 0.2) is 6.61 Å². The molecule has 0 fully saturated rings. The second-order valence-electron chi connectivity index (χ2n) is 6.07. The molecule has 8 heteroatoms. The van der Waals surface area contributed by atoms with Crippen LogP contribution in [0.3, 0.4) is 0 Å². The topological polar surface area (TPSA) is 59.9 Å². The van der Waals surface area contributed by atoms with Gasteiger partial charge < -0.3 is 9.47 Å². The van der Waals surface area contributed by atoms with Crippen LogP contribution in [-0.2, 0) is 11.4 Å². The Morgan fingerprint density at radius 1 is 1.00 bits per heavy atom. The summed E-state index contributed by atoms with van der Waals surface area (Å²) in [6.07, 6.45) is 1.43. The molecule has 0 saturated heterocycles. The lowest BCUT2D eigenvalue weighted by Gasteiger charge is -2.09. The summed E-state index contributed by atoms with van der Waals surface area (Å²) in [4.78, 5) is 11.9. The number of halogens is 3. The van der Waals surface area contributed by atoms with E-state index in [0.29, 0.717) is 32.7 Å². The van der Waals surface area contributed by atoms with Gasteiger partial charge in [-0.3, -0.25) is 4.79 Å². The average Bonchev–Trinajstić information content (AvgIpc) is 2.73. The molecule has 1 N–H and O–H groups in total. The summed E-state index contributed by atoms with van der Waals surface area (Å²) in [6, 6.07) is 18.2. The maximum absolute atomic E-state index is 13.7. The van der Waals surface area contributed by atoms with Crippen LogP contribution in [0.25, 0.3) is 0 Å². The van der Waals surface area contributed by atoms with Crippen molar-refractivity contribution in [2.45, 2.75) is 6.61 Å². The smallest absolute Gasteiger partial charge is 0.277 e. The number of carbonyl (C=O) groups is 1. The molecule has 0 atom stereocenters. The van der Waals surface area contributed by atoms with Crippen LogP contribution in [0.4, 0.5) is 4.39 Å². The van der Waals surface area contributed by atoms with Crippen molar-refractivity contribution in [2.75, 3.05) is 6.61 Å². The molecule has 0 aliphatic carbocycles. The Bertz CT molecular complexity index is 1060. The van der Waals surface area contributed by atoms with Gasteiger partial charge in [-0.15, -0.1) is 0 Å². The second-order valence-corrected chi connectivity index (χ2v) is 6.92. The molecule has 0 spiro atoms. The minimum Gasteiger partial charge on any atom is -0.488 e. The molecule has 1 amide bonds. The Kier molecular flexibility index (Phi) is 7.65. The molecule has 0 bridgehead atoms. The third-order valence-corrected chi connectivity index (χ3v) is 4.44. The van der Waals surface area contributed by atoms with Crippen LogP contribution in [0.15, 0.2) is 71.8 Å². The van der Waals surface area contributed by atoms with Crippen LogP contribution in [0, 0.1) is 5.82 Å². The molecular formula is C22H17Cl2FN2O3. The zero-order valence-electron chi connectivity index (χ0n) is 15.6. The maximum atomic E-state index is 13.7. The fourth-order valence-electron chi connectivity index (χ4n) is 2.43. The van der Waals surface area contributed by atoms with Gasteiger partial charge >= 0.3 is 0 Å². The van der Waals surface area contributed by atoms with Crippen LogP contribution in [0.5, 0.6) is 11.5 Å². The van der Waals surface area contributed by atoms with Crippen molar-refractivity contribution in [1.82, 2.24) is 5.43 Å². The Hall–Kier alpha value is -3.09. The number of amides is 1. The van der Waals surface area contributed by atoms with Crippen molar-refractivity contribution in [3.63, 3.8) is 0 Å². The molecular weight excluding hydrogens is 430 g/mol. The molecule has 154 valence electrons. The predicted molar refractivity (Wildman–Crippen MR) is 115 cm³/mol. The highest BCUT2D eigenvalue weighted by Crippen LogP contribution is 2.27. The number of hydrogen-bond acceptors (Lipinski definition) is 4. The van der Waals surface area contributed by atoms with E-state index < -0.39 is 5.91 Å². The van der Waals surface area contributed by atoms with Gasteiger partial charge in [0, 0.05) is 16.1 Å². The quantitative estimate of drug-likeness (QED) is 0.380. The van der Waals surface area contributed by atoms with Crippen molar-refractivity contribution in [2.24, 2.45) is 5.10 Å². The normalized spacial score (nSPS) is 10.8. The zero-order chi connectivity index (χ0) is 21.3. The van der Waals surface area contributed by atoms with Crippen molar-refractivity contribution < 1.29 is 18.7 Å². The average molecular weight is 447 g/mol. The summed E-state index contributed by atoms with van der Waals surface area (Å²) in [7, 11) is 0. The molecule has 0 heterocycles. The lowest BCUT2D eigenvalue weighted by atomic mass is 10.2. The van der Waals surface area contributed by atoms with Crippen molar-refractivity contribution in [1.29, 1.82) is 0 Å². The summed E-state index contributed by atoms with van der Waals surface area (Å²) >= 11 is 11.8. The Morgan fingerprint density at radius 2 is 1.77 bits per heavy atom. The summed E-state index contributed by atoms with van der Waals surface area (Å²) in [6.45, 7) is -0.205. The fraction of sp³-hybridized carbons (Fsp3) is 0.0909. The van der Waals surface area contributed by atoms with Gasteiger partial charge in [-0.1, -0.05) is 53.5 Å². The first-order valence-corrected chi connectivity index (χ1v) is 9.63. The van der Waals surface area contributed by atoms with E-state index >= 15 is 0 Å². The molecule has 0 aliphatic rings. The third-order valence-electron chi connectivity index (χ3n) is 3.91. The molecule has 0 saturated carbocycles. The highest BCUT2D eigenvalue weighted by atomic mass is 35.5. The molecule has 0 aliphatic heterocycles. The van der Waals surface area contributed by atoms with E-state index in [0.717, 1.165) is 0 Å². The van der Waals surface area contributed by atoms with Crippen molar-refractivity contribution in [3.8, 4) is 11.5 Å². The van der Waals surface area contributed by atoms with Gasteiger partial charge in [0.2, 0.25) is 0 Å². The van der Waals surface area contributed by atoms with E-state index in [4.69, 9.17) is 32.7 Å². The highest BCUT2D eigenvalue weighted by molar-refractivity contribution is 6.35. The lowest BCUT2D eigenvalue weighted by molar-refractivity contribution is -0.123. The standard InChI is InChI=1S/C22H17Cl2FN2O3/c23-17-9-10-21(18(24)11-17)30-14-22(28)27-26-12-15-5-2-4-8-20(15)29-13-16-6-1-3-7-19(16)25/h1-12H,13-14H2,(H,27,28)/b26-12+. The van der Waals surface area contributed by atoms with Gasteiger partial charge in [-0.05, 0) is 36.4 Å². The fourth-order valence-corrected chi connectivity index (χ4v) is 2.89. The Balaban J connectivity index is 1.54. The first-order valence-electron chi connectivity index (χ1n) is 8.88. The van der Waals surface area contributed by atoms with Crippen molar-refractivity contribution >= 4 is 35.3 Å². The van der Waals surface area contributed by atoms with Gasteiger partial charge in [-0.2, -0.15) is 5.10 Å². The van der Waals surface area contributed by atoms with Crippen LogP contribution >= 0.6 is 23.2 Å². The number of nitrogens with one attached hydrogen (secondary N) is 1. The van der Waals surface area contributed by atoms with Crippen LogP contribution < -0.4 is 14.9 Å². The first-order chi connectivity index (χ1) is 14.5. The van der Waals surface area contributed by atoms with Crippen LogP contribution in [0.2, 0.25) is 10.0 Å². The van der Waals surface area contributed by atoms with Crippen molar-refractivity contribution in [3.05, 3.63) is 93.7 Å². The van der Waals surface area contributed by atoms with E-state index in [-0.39, 0.29) is 19.0 Å². The van der Waals surface area contributed by atoms with Crippen LogP contribution in [-0.4, -0.2) is 18.7 Å². The minimum atomic E-state index is -0.470. The highest BCUT2D eigenvalue weighted by Gasteiger charge is 2.07. The molecule has 3 aromatic rings. The van der Waals surface area contributed by atoms with E-state index in [9.17, 15) is 9.18 Å². The monoisotopic (exact) mass is 446 g/mol. The number of nitrogens with zero attached hydrogens (tertiary/aromatic N) is 1. The minimum absolute atomic E-state index is 0.0690. The van der Waals surface area contributed by atoms with Gasteiger partial charge in [0.1, 0.15) is 23.9 Å².